The van der Waals surface area contributed by atoms with Gasteiger partial charge in [-0.3, -0.25) is 4.79 Å². The Kier molecular flexibility index (Phi) is 4.77. The van der Waals surface area contributed by atoms with E-state index in [0.717, 1.165) is 34.5 Å². The summed E-state index contributed by atoms with van der Waals surface area (Å²) < 4.78 is 0. The van der Waals surface area contributed by atoms with Gasteiger partial charge in [0.2, 0.25) is 5.91 Å². The molecule has 1 atom stereocenters. The van der Waals surface area contributed by atoms with Crippen LogP contribution in [0.25, 0.3) is 0 Å². The third-order valence-electron chi connectivity index (χ3n) is 3.79. The number of hydrogen-bond acceptors (Lipinski definition) is 6. The first-order valence-electron chi connectivity index (χ1n) is 7.44. The average molecular weight is 352 g/mol. The number of carbonyl (C=O) groups is 1. The van der Waals surface area contributed by atoms with Gasteiger partial charge in [0.05, 0.1) is 5.69 Å². The third kappa shape index (κ3) is 3.79. The van der Waals surface area contributed by atoms with E-state index >= 15 is 0 Å². The van der Waals surface area contributed by atoms with Crippen molar-refractivity contribution in [1.29, 1.82) is 0 Å². The Bertz CT molecular complexity index is 720. The molecule has 0 spiro atoms. The van der Waals surface area contributed by atoms with E-state index in [0.29, 0.717) is 12.4 Å². The van der Waals surface area contributed by atoms with Gasteiger partial charge in [0.1, 0.15) is 17.5 Å². The van der Waals surface area contributed by atoms with Crippen LogP contribution >= 0.6 is 22.9 Å². The fraction of sp³-hybridized carbons (Fsp3) is 0.467. The number of carbonyl (C=O) groups excluding carboxylic acids is 1. The quantitative estimate of drug-likeness (QED) is 0.857. The van der Waals surface area contributed by atoms with Gasteiger partial charge in [-0.2, -0.15) is 0 Å². The van der Waals surface area contributed by atoms with Crippen LogP contribution in [0, 0.1) is 13.8 Å². The molecule has 1 aliphatic rings. The number of aryl methyl sites for hydroxylation is 2. The fourth-order valence-corrected chi connectivity index (χ4v) is 3.54. The Morgan fingerprint density at radius 2 is 2.30 bits per heavy atom. The zero-order chi connectivity index (χ0) is 16.4. The van der Waals surface area contributed by atoms with Crippen molar-refractivity contribution >= 4 is 39.8 Å². The van der Waals surface area contributed by atoms with Gasteiger partial charge in [-0.15, -0.1) is 22.9 Å². The smallest absolute Gasteiger partial charge is 0.237 e. The van der Waals surface area contributed by atoms with Crippen LogP contribution in [0.2, 0.25) is 0 Å². The zero-order valence-corrected chi connectivity index (χ0v) is 14.6. The molecule has 1 unspecified atom stereocenters. The van der Waals surface area contributed by atoms with Crippen LogP contribution in [-0.4, -0.2) is 44.7 Å². The second-order valence-corrected chi connectivity index (χ2v) is 7.09. The topological polar surface area (TPSA) is 71.0 Å². The van der Waals surface area contributed by atoms with Gasteiger partial charge >= 0.3 is 0 Å². The van der Waals surface area contributed by atoms with Crippen LogP contribution in [0.1, 0.15) is 28.7 Å². The summed E-state index contributed by atoms with van der Waals surface area (Å²) in [6.07, 6.45) is 2.73. The SMILES string of the molecule is Cc1nc(Nc2ncc(C)s2)cc(C2CCN(C(=O)CCl)C2)n1. The number of hydrogen-bond donors (Lipinski definition) is 1. The highest BCUT2D eigenvalue weighted by atomic mass is 35.5. The number of rotatable bonds is 4. The molecule has 0 aliphatic carbocycles. The molecule has 1 fully saturated rings. The normalized spacial score (nSPS) is 17.5. The highest BCUT2D eigenvalue weighted by molar-refractivity contribution is 7.15. The number of amides is 1. The van der Waals surface area contributed by atoms with Crippen molar-refractivity contribution in [2.75, 3.05) is 24.3 Å². The van der Waals surface area contributed by atoms with E-state index in [4.69, 9.17) is 11.6 Å². The van der Waals surface area contributed by atoms with Crippen molar-refractivity contribution in [2.45, 2.75) is 26.2 Å². The van der Waals surface area contributed by atoms with Crippen LogP contribution in [0.4, 0.5) is 10.9 Å². The van der Waals surface area contributed by atoms with Gasteiger partial charge in [0.15, 0.2) is 5.13 Å². The van der Waals surface area contributed by atoms with Crippen molar-refractivity contribution < 1.29 is 4.79 Å². The summed E-state index contributed by atoms with van der Waals surface area (Å²) in [5, 5.41) is 4.05. The summed E-state index contributed by atoms with van der Waals surface area (Å²) in [5.74, 6) is 1.69. The lowest BCUT2D eigenvalue weighted by Crippen LogP contribution is -2.29. The molecule has 2 aromatic rings. The fourth-order valence-electron chi connectivity index (χ4n) is 2.70. The van der Waals surface area contributed by atoms with E-state index in [1.165, 1.54) is 0 Å². The molecule has 0 radical (unpaired) electrons. The Morgan fingerprint density at radius 3 is 3.00 bits per heavy atom. The van der Waals surface area contributed by atoms with Crippen LogP contribution in [-0.2, 0) is 4.79 Å². The Hall–Kier alpha value is -1.73. The Balaban J connectivity index is 1.77. The first kappa shape index (κ1) is 16.1. The second kappa shape index (κ2) is 6.80. The highest BCUT2D eigenvalue weighted by Gasteiger charge is 2.28. The number of alkyl halides is 1. The highest BCUT2D eigenvalue weighted by Crippen LogP contribution is 2.28. The molecule has 6 nitrogen and oxygen atoms in total. The van der Waals surface area contributed by atoms with Crippen molar-refractivity contribution in [3.05, 3.63) is 28.7 Å². The number of halogens is 1. The molecule has 0 bridgehead atoms. The van der Waals surface area contributed by atoms with Crippen LogP contribution in [0.15, 0.2) is 12.3 Å². The van der Waals surface area contributed by atoms with Gasteiger partial charge < -0.3 is 10.2 Å². The molecule has 1 amide bonds. The van der Waals surface area contributed by atoms with Gasteiger partial charge in [0, 0.05) is 36.1 Å². The van der Waals surface area contributed by atoms with Crippen LogP contribution in [0.5, 0.6) is 0 Å². The van der Waals surface area contributed by atoms with E-state index in [2.05, 4.69) is 20.3 Å². The monoisotopic (exact) mass is 351 g/mol. The predicted molar refractivity (Wildman–Crippen MR) is 91.6 cm³/mol. The molecular weight excluding hydrogens is 334 g/mol. The maximum Gasteiger partial charge on any atom is 0.237 e. The molecule has 0 aromatic carbocycles. The lowest BCUT2D eigenvalue weighted by atomic mass is 10.0. The molecule has 1 N–H and O–H groups in total. The molecule has 1 aliphatic heterocycles. The van der Waals surface area contributed by atoms with Crippen LogP contribution in [0.3, 0.4) is 0 Å². The van der Waals surface area contributed by atoms with E-state index in [9.17, 15) is 4.79 Å². The molecule has 2 aromatic heterocycles. The van der Waals surface area contributed by atoms with Crippen molar-refractivity contribution in [3.8, 4) is 0 Å². The summed E-state index contributed by atoms with van der Waals surface area (Å²) in [5.41, 5.74) is 0.957. The van der Waals surface area contributed by atoms with E-state index < -0.39 is 0 Å². The van der Waals surface area contributed by atoms with Gasteiger partial charge in [-0.25, -0.2) is 15.0 Å². The minimum Gasteiger partial charge on any atom is -0.341 e. The number of thiazole rings is 1. The summed E-state index contributed by atoms with van der Waals surface area (Å²) >= 11 is 7.22. The maximum atomic E-state index is 11.7. The molecule has 1 saturated heterocycles. The Labute approximate surface area is 143 Å². The number of likely N-dealkylation sites (tertiary alicyclic amines) is 1. The number of nitrogens with one attached hydrogen (secondary N) is 1. The molecular formula is C15H18ClN5OS. The van der Waals surface area contributed by atoms with Gasteiger partial charge in [-0.05, 0) is 20.3 Å². The maximum absolute atomic E-state index is 11.7. The lowest BCUT2D eigenvalue weighted by Gasteiger charge is -2.15. The molecule has 8 heteroatoms. The predicted octanol–water partition coefficient (Wildman–Crippen LogP) is 2.85. The first-order chi connectivity index (χ1) is 11.0. The third-order valence-corrected chi connectivity index (χ3v) is 4.84. The number of aromatic nitrogens is 3. The van der Waals surface area contributed by atoms with E-state index in [1.54, 1.807) is 16.2 Å². The van der Waals surface area contributed by atoms with Gasteiger partial charge in [0.25, 0.3) is 0 Å². The lowest BCUT2D eigenvalue weighted by molar-refractivity contribution is -0.127. The molecule has 23 heavy (non-hydrogen) atoms. The van der Waals surface area contributed by atoms with E-state index in [-0.39, 0.29) is 17.7 Å². The summed E-state index contributed by atoms with van der Waals surface area (Å²) in [6.45, 7) is 5.28. The number of anilines is 2. The summed E-state index contributed by atoms with van der Waals surface area (Å²) in [4.78, 5) is 27.9. The Morgan fingerprint density at radius 1 is 1.48 bits per heavy atom. The molecule has 3 rings (SSSR count). The number of nitrogens with zero attached hydrogens (tertiary/aromatic N) is 4. The summed E-state index contributed by atoms with van der Waals surface area (Å²) in [7, 11) is 0. The average Bonchev–Trinajstić information content (AvgIpc) is 3.15. The van der Waals surface area contributed by atoms with Crippen molar-refractivity contribution in [2.24, 2.45) is 0 Å². The largest absolute Gasteiger partial charge is 0.341 e. The first-order valence-corrected chi connectivity index (χ1v) is 8.79. The summed E-state index contributed by atoms with van der Waals surface area (Å²) in [6, 6.07) is 1.95. The standard InChI is InChI=1S/C15H18ClN5OS/c1-9-7-17-15(23-9)20-13-5-12(18-10(2)19-13)11-3-4-21(8-11)14(22)6-16/h5,7,11H,3-4,6,8H2,1-2H3,(H,17,18,19,20). The molecule has 3 heterocycles. The zero-order valence-electron chi connectivity index (χ0n) is 13.0. The minimum atomic E-state index is -0.0171. The van der Waals surface area contributed by atoms with Gasteiger partial charge in [-0.1, -0.05) is 0 Å². The molecule has 122 valence electrons. The van der Waals surface area contributed by atoms with Crippen molar-refractivity contribution in [1.82, 2.24) is 19.9 Å². The molecule has 0 saturated carbocycles. The second-order valence-electron chi connectivity index (χ2n) is 5.59. The van der Waals surface area contributed by atoms with Crippen molar-refractivity contribution in [3.63, 3.8) is 0 Å². The van der Waals surface area contributed by atoms with E-state index in [1.807, 2.05) is 26.1 Å². The van der Waals surface area contributed by atoms with Crippen LogP contribution < -0.4 is 5.32 Å². The minimum absolute atomic E-state index is 0.0171.